The zero-order valence-corrected chi connectivity index (χ0v) is 9.27. The molecule has 0 unspecified atom stereocenters. The number of hydrogen-bond acceptors (Lipinski definition) is 2. The van der Waals surface area contributed by atoms with Crippen molar-refractivity contribution in [1.82, 2.24) is 5.32 Å². The van der Waals surface area contributed by atoms with Crippen molar-refractivity contribution in [2.45, 2.75) is 20.8 Å². The molecule has 3 nitrogen and oxygen atoms in total. The van der Waals surface area contributed by atoms with Crippen molar-refractivity contribution in [3.05, 3.63) is 0 Å². The Morgan fingerprint density at radius 1 is 1.55 bits per heavy atom. The molecule has 4 heteroatoms. The molecule has 0 rings (SSSR count). The maximum Gasteiger partial charge on any atom is 0.225 e. The van der Waals surface area contributed by atoms with Crippen LogP contribution in [0.4, 0.5) is 0 Å². The van der Waals surface area contributed by atoms with Crippen LogP contribution in [0.3, 0.4) is 0 Å². The van der Waals surface area contributed by atoms with Crippen LogP contribution >= 0.6 is 23.0 Å². The van der Waals surface area contributed by atoms with Gasteiger partial charge in [-0.25, -0.2) is 0 Å². The third-order valence-corrected chi connectivity index (χ3v) is 1.59. The van der Waals surface area contributed by atoms with Crippen LogP contribution in [0.25, 0.3) is 0 Å². The van der Waals surface area contributed by atoms with Gasteiger partial charge < -0.3 is 8.38 Å². The largest absolute Gasteiger partial charge is 0.353 e. The summed E-state index contributed by atoms with van der Waals surface area (Å²) in [6, 6.07) is 0. The van der Waals surface area contributed by atoms with E-state index in [2.05, 4.69) is 5.32 Å². The van der Waals surface area contributed by atoms with Gasteiger partial charge in [-0.05, 0) is 0 Å². The van der Waals surface area contributed by atoms with Crippen molar-refractivity contribution in [3.63, 3.8) is 0 Å². The highest BCUT2D eigenvalue weighted by Gasteiger charge is 2.19. The SMILES string of the molecule is CC(C)(C)C(=O)NCCOI. The molecule has 0 aromatic heterocycles. The predicted octanol–water partition coefficient (Wildman–Crippen LogP) is 1.52. The first-order chi connectivity index (χ1) is 4.98. The van der Waals surface area contributed by atoms with E-state index in [0.717, 1.165) is 0 Å². The molecule has 0 heterocycles. The molecule has 1 amide bonds. The molecular weight excluding hydrogens is 257 g/mol. The summed E-state index contributed by atoms with van der Waals surface area (Å²) in [5.41, 5.74) is -0.300. The standard InChI is InChI=1S/C7H14INO2/c1-7(2,3)6(10)9-4-5-11-8/h4-5H2,1-3H3,(H,9,10). The highest BCUT2D eigenvalue weighted by atomic mass is 127. The molecule has 66 valence electrons. The Morgan fingerprint density at radius 2 is 2.09 bits per heavy atom. The van der Waals surface area contributed by atoms with Gasteiger partial charge in [0.2, 0.25) is 5.91 Å². The van der Waals surface area contributed by atoms with E-state index in [9.17, 15) is 4.79 Å². The van der Waals surface area contributed by atoms with Crippen molar-refractivity contribution in [1.29, 1.82) is 0 Å². The summed E-state index contributed by atoms with van der Waals surface area (Å²) in [6.45, 7) is 6.79. The summed E-state index contributed by atoms with van der Waals surface area (Å²) >= 11 is 1.80. The fourth-order valence-electron chi connectivity index (χ4n) is 0.468. The minimum absolute atomic E-state index is 0.0611. The van der Waals surface area contributed by atoms with Gasteiger partial charge in [0, 0.05) is 12.0 Å². The maximum absolute atomic E-state index is 11.2. The van der Waals surface area contributed by atoms with E-state index >= 15 is 0 Å². The van der Waals surface area contributed by atoms with Crippen molar-refractivity contribution >= 4 is 28.9 Å². The van der Waals surface area contributed by atoms with E-state index in [0.29, 0.717) is 13.2 Å². The molecule has 0 radical (unpaired) electrons. The van der Waals surface area contributed by atoms with Crippen LogP contribution in [0.15, 0.2) is 0 Å². The lowest BCUT2D eigenvalue weighted by Gasteiger charge is -2.16. The first-order valence-corrected chi connectivity index (χ1v) is 4.38. The molecule has 11 heavy (non-hydrogen) atoms. The van der Waals surface area contributed by atoms with Crippen LogP contribution in [0.1, 0.15) is 20.8 Å². The smallest absolute Gasteiger partial charge is 0.225 e. The van der Waals surface area contributed by atoms with Gasteiger partial charge in [-0.1, -0.05) is 20.8 Å². The molecule has 0 atom stereocenters. The van der Waals surface area contributed by atoms with Crippen molar-refractivity contribution in [3.8, 4) is 0 Å². The molecule has 0 aromatic carbocycles. The Bertz CT molecular complexity index is 131. The van der Waals surface area contributed by atoms with Gasteiger partial charge >= 0.3 is 0 Å². The second-order valence-corrected chi connectivity index (χ2v) is 3.94. The minimum Gasteiger partial charge on any atom is -0.353 e. The van der Waals surface area contributed by atoms with Crippen LogP contribution in [-0.4, -0.2) is 19.1 Å². The van der Waals surface area contributed by atoms with Gasteiger partial charge in [0.25, 0.3) is 0 Å². The summed E-state index contributed by atoms with van der Waals surface area (Å²) in [4.78, 5) is 11.2. The summed E-state index contributed by atoms with van der Waals surface area (Å²) < 4.78 is 4.76. The first kappa shape index (κ1) is 11.2. The highest BCUT2D eigenvalue weighted by Crippen LogP contribution is 2.11. The topological polar surface area (TPSA) is 38.3 Å². The Hall–Kier alpha value is 0.160. The normalized spacial score (nSPS) is 11.3. The molecule has 0 aliphatic carbocycles. The number of nitrogens with one attached hydrogen (secondary N) is 1. The molecule has 0 saturated carbocycles. The Balaban J connectivity index is 3.54. The van der Waals surface area contributed by atoms with Gasteiger partial charge in [-0.15, -0.1) is 0 Å². The zero-order chi connectivity index (χ0) is 8.91. The van der Waals surface area contributed by atoms with Gasteiger partial charge in [0.1, 0.15) is 23.0 Å². The van der Waals surface area contributed by atoms with E-state index < -0.39 is 0 Å². The number of carbonyl (C=O) groups excluding carboxylic acids is 1. The predicted molar refractivity (Wildman–Crippen MR) is 52.4 cm³/mol. The summed E-state index contributed by atoms with van der Waals surface area (Å²) in [7, 11) is 0. The molecule has 0 fully saturated rings. The third kappa shape index (κ3) is 5.43. The van der Waals surface area contributed by atoms with Gasteiger partial charge in [0.15, 0.2) is 0 Å². The lowest BCUT2D eigenvalue weighted by Crippen LogP contribution is -2.36. The quantitative estimate of drug-likeness (QED) is 0.624. The van der Waals surface area contributed by atoms with Gasteiger partial charge in [0.05, 0.1) is 6.61 Å². The molecule has 1 N–H and O–H groups in total. The lowest BCUT2D eigenvalue weighted by atomic mass is 9.96. The lowest BCUT2D eigenvalue weighted by molar-refractivity contribution is -0.128. The van der Waals surface area contributed by atoms with Crippen LogP contribution in [0.5, 0.6) is 0 Å². The second kappa shape index (κ2) is 4.92. The second-order valence-electron chi connectivity index (χ2n) is 3.32. The third-order valence-electron chi connectivity index (χ3n) is 1.15. The number of hydrogen-bond donors (Lipinski definition) is 1. The fourth-order valence-corrected chi connectivity index (χ4v) is 0.689. The number of amides is 1. The Labute approximate surface area is 81.6 Å². The Morgan fingerprint density at radius 3 is 2.45 bits per heavy atom. The molecule has 0 saturated heterocycles. The highest BCUT2D eigenvalue weighted by molar-refractivity contribution is 14.1. The number of rotatable bonds is 3. The van der Waals surface area contributed by atoms with Crippen LogP contribution in [0, 0.1) is 5.41 Å². The molecule has 0 bridgehead atoms. The van der Waals surface area contributed by atoms with Crippen LogP contribution in [0.2, 0.25) is 0 Å². The Kier molecular flexibility index (Phi) is 4.99. The molecule has 0 aliphatic heterocycles. The molecular formula is C7H14INO2. The van der Waals surface area contributed by atoms with E-state index in [-0.39, 0.29) is 11.3 Å². The summed E-state index contributed by atoms with van der Waals surface area (Å²) in [5.74, 6) is 0.0611. The average Bonchev–Trinajstić information content (AvgIpc) is 1.86. The first-order valence-electron chi connectivity index (χ1n) is 3.50. The van der Waals surface area contributed by atoms with Crippen molar-refractivity contribution in [2.24, 2.45) is 5.41 Å². The van der Waals surface area contributed by atoms with Gasteiger partial charge in [-0.3, -0.25) is 4.79 Å². The zero-order valence-electron chi connectivity index (χ0n) is 7.11. The van der Waals surface area contributed by atoms with E-state index in [1.54, 1.807) is 23.0 Å². The van der Waals surface area contributed by atoms with E-state index in [1.165, 1.54) is 0 Å². The van der Waals surface area contributed by atoms with Crippen molar-refractivity contribution < 1.29 is 7.86 Å². The monoisotopic (exact) mass is 271 g/mol. The van der Waals surface area contributed by atoms with Crippen LogP contribution < -0.4 is 5.32 Å². The fraction of sp³-hybridized carbons (Fsp3) is 0.857. The molecule has 0 aromatic rings. The maximum atomic E-state index is 11.2. The van der Waals surface area contributed by atoms with Gasteiger partial charge in [-0.2, -0.15) is 0 Å². The summed E-state index contributed by atoms with van der Waals surface area (Å²) in [6.07, 6.45) is 0. The average molecular weight is 271 g/mol. The number of carbonyl (C=O) groups is 1. The van der Waals surface area contributed by atoms with E-state index in [4.69, 9.17) is 3.07 Å². The van der Waals surface area contributed by atoms with E-state index in [1.807, 2.05) is 20.8 Å². The minimum atomic E-state index is -0.300. The molecule has 0 aliphatic rings. The van der Waals surface area contributed by atoms with Crippen molar-refractivity contribution in [2.75, 3.05) is 13.2 Å². The summed E-state index contributed by atoms with van der Waals surface area (Å²) in [5, 5.41) is 2.75. The van der Waals surface area contributed by atoms with Crippen LogP contribution in [-0.2, 0) is 7.86 Å². The number of halogens is 1. The molecule has 0 spiro atoms.